The molecule has 0 radical (unpaired) electrons. The van der Waals surface area contributed by atoms with E-state index in [4.69, 9.17) is 4.74 Å². The molecule has 0 bridgehead atoms. The van der Waals surface area contributed by atoms with Crippen LogP contribution >= 0.6 is 0 Å². The third kappa shape index (κ3) is 3.56. The van der Waals surface area contributed by atoms with Crippen LogP contribution in [-0.4, -0.2) is 4.98 Å². The van der Waals surface area contributed by atoms with Crippen LogP contribution in [0.15, 0.2) is 66.9 Å². The third-order valence-electron chi connectivity index (χ3n) is 3.58. The molecule has 3 rings (SSSR count). The highest BCUT2D eigenvalue weighted by atomic mass is 16.5. The zero-order valence-corrected chi connectivity index (χ0v) is 12.9. The molecule has 0 unspecified atom stereocenters. The van der Waals surface area contributed by atoms with Gasteiger partial charge in [-0.3, -0.25) is 4.98 Å². The Hall–Kier alpha value is -3.12. The fourth-order valence-corrected chi connectivity index (χ4v) is 2.33. The fraction of sp³-hybridized carbons (Fsp3) is 0.100. The first-order chi connectivity index (χ1) is 11.3. The molecule has 0 spiro atoms. The first-order valence-corrected chi connectivity index (χ1v) is 7.40. The Morgan fingerprint density at radius 3 is 2.57 bits per heavy atom. The van der Waals surface area contributed by atoms with Crippen LogP contribution < -0.4 is 4.74 Å². The lowest BCUT2D eigenvalue weighted by atomic mass is 10.0. The smallest absolute Gasteiger partial charge is 0.121 e. The van der Waals surface area contributed by atoms with E-state index >= 15 is 0 Å². The van der Waals surface area contributed by atoms with Crippen molar-refractivity contribution in [2.75, 3.05) is 0 Å². The molecule has 0 saturated carbocycles. The van der Waals surface area contributed by atoms with Gasteiger partial charge < -0.3 is 4.74 Å². The fourth-order valence-electron chi connectivity index (χ4n) is 2.33. The van der Waals surface area contributed by atoms with Gasteiger partial charge in [-0.2, -0.15) is 5.26 Å². The van der Waals surface area contributed by atoms with Crippen molar-refractivity contribution in [3.05, 3.63) is 83.7 Å². The normalized spacial score (nSPS) is 10.1. The van der Waals surface area contributed by atoms with Crippen molar-refractivity contribution in [3.63, 3.8) is 0 Å². The molecule has 0 N–H and O–H groups in total. The van der Waals surface area contributed by atoms with Crippen molar-refractivity contribution in [1.82, 2.24) is 4.98 Å². The second-order valence-corrected chi connectivity index (χ2v) is 5.28. The minimum atomic E-state index is 0.483. The maximum absolute atomic E-state index is 9.42. The largest absolute Gasteiger partial charge is 0.489 e. The number of pyridine rings is 1. The van der Waals surface area contributed by atoms with Crippen LogP contribution in [0.5, 0.6) is 5.75 Å². The average Bonchev–Trinajstić information content (AvgIpc) is 2.61. The van der Waals surface area contributed by atoms with Crippen LogP contribution in [0.4, 0.5) is 0 Å². The highest BCUT2D eigenvalue weighted by molar-refractivity contribution is 5.70. The lowest BCUT2D eigenvalue weighted by Gasteiger charge is -2.09. The number of nitrogens with zero attached hydrogens (tertiary/aromatic N) is 2. The van der Waals surface area contributed by atoms with Gasteiger partial charge in [0.1, 0.15) is 12.4 Å². The lowest BCUT2D eigenvalue weighted by molar-refractivity contribution is 0.306. The van der Waals surface area contributed by atoms with Crippen LogP contribution in [0, 0.1) is 18.3 Å². The standard InChI is InChI=1S/C20H16N2O/c1-15-7-8-17(13-22-15)20-10-9-19(11-18(20)12-21)23-14-16-5-3-2-4-6-16/h2-11,13H,14H2,1H3. The van der Waals surface area contributed by atoms with E-state index in [-0.39, 0.29) is 0 Å². The van der Waals surface area contributed by atoms with Gasteiger partial charge in [0.15, 0.2) is 0 Å². The molecule has 0 aliphatic heterocycles. The summed E-state index contributed by atoms with van der Waals surface area (Å²) in [4.78, 5) is 4.29. The first kappa shape index (κ1) is 14.8. The molecule has 0 fully saturated rings. The number of ether oxygens (including phenoxy) is 1. The topological polar surface area (TPSA) is 45.9 Å². The molecule has 3 nitrogen and oxygen atoms in total. The van der Waals surface area contributed by atoms with Gasteiger partial charge in [0.25, 0.3) is 0 Å². The zero-order chi connectivity index (χ0) is 16.1. The SMILES string of the molecule is Cc1ccc(-c2ccc(OCc3ccccc3)cc2C#N)cn1. The number of aryl methyl sites for hydroxylation is 1. The van der Waals surface area contributed by atoms with Gasteiger partial charge in [-0.1, -0.05) is 36.4 Å². The van der Waals surface area contributed by atoms with Crippen molar-refractivity contribution >= 4 is 0 Å². The molecule has 1 heterocycles. The summed E-state index contributed by atoms with van der Waals surface area (Å²) in [5.74, 6) is 0.689. The van der Waals surface area contributed by atoms with E-state index in [2.05, 4.69) is 11.1 Å². The molecule has 2 aromatic carbocycles. The quantitative estimate of drug-likeness (QED) is 0.712. The Balaban J connectivity index is 1.82. The molecule has 3 aromatic rings. The average molecular weight is 300 g/mol. The molecular weight excluding hydrogens is 284 g/mol. The Bertz CT molecular complexity index is 834. The summed E-state index contributed by atoms with van der Waals surface area (Å²) in [6.45, 7) is 2.42. The number of rotatable bonds is 4. The summed E-state index contributed by atoms with van der Waals surface area (Å²) in [6.07, 6.45) is 1.79. The summed E-state index contributed by atoms with van der Waals surface area (Å²) in [7, 11) is 0. The van der Waals surface area contributed by atoms with Gasteiger partial charge >= 0.3 is 0 Å². The van der Waals surface area contributed by atoms with Crippen LogP contribution in [0.3, 0.4) is 0 Å². The summed E-state index contributed by atoms with van der Waals surface area (Å²) in [6, 6.07) is 21.7. The molecular formula is C20H16N2O. The van der Waals surface area contributed by atoms with E-state index in [1.165, 1.54) is 0 Å². The summed E-state index contributed by atoms with van der Waals surface area (Å²) < 4.78 is 5.78. The molecule has 0 aliphatic carbocycles. The molecule has 0 saturated heterocycles. The third-order valence-corrected chi connectivity index (χ3v) is 3.58. The number of nitriles is 1. The monoisotopic (exact) mass is 300 g/mol. The number of hydrogen-bond acceptors (Lipinski definition) is 3. The minimum Gasteiger partial charge on any atom is -0.489 e. The second-order valence-electron chi connectivity index (χ2n) is 5.28. The van der Waals surface area contributed by atoms with Gasteiger partial charge in [0.05, 0.1) is 11.6 Å². The Labute approximate surface area is 135 Å². The van der Waals surface area contributed by atoms with Crippen molar-refractivity contribution in [2.24, 2.45) is 0 Å². The van der Waals surface area contributed by atoms with Crippen LogP contribution in [0.25, 0.3) is 11.1 Å². The number of benzene rings is 2. The zero-order valence-electron chi connectivity index (χ0n) is 12.9. The van der Waals surface area contributed by atoms with Crippen molar-refractivity contribution in [1.29, 1.82) is 5.26 Å². The summed E-state index contributed by atoms with van der Waals surface area (Å²) in [5, 5.41) is 9.42. The summed E-state index contributed by atoms with van der Waals surface area (Å²) >= 11 is 0. The Morgan fingerprint density at radius 1 is 1.04 bits per heavy atom. The van der Waals surface area contributed by atoms with Crippen LogP contribution in [0.1, 0.15) is 16.8 Å². The number of aromatic nitrogens is 1. The van der Waals surface area contributed by atoms with Crippen molar-refractivity contribution < 1.29 is 4.74 Å². The molecule has 0 amide bonds. The second kappa shape index (κ2) is 6.76. The van der Waals surface area contributed by atoms with Gasteiger partial charge in [-0.25, -0.2) is 0 Å². The molecule has 112 valence electrons. The predicted octanol–water partition coefficient (Wildman–Crippen LogP) is 4.51. The maximum atomic E-state index is 9.42. The van der Waals surface area contributed by atoms with Crippen LogP contribution in [0.2, 0.25) is 0 Å². The van der Waals surface area contributed by atoms with E-state index < -0.39 is 0 Å². The highest BCUT2D eigenvalue weighted by Gasteiger charge is 2.07. The molecule has 23 heavy (non-hydrogen) atoms. The van der Waals surface area contributed by atoms with E-state index in [0.717, 1.165) is 22.4 Å². The van der Waals surface area contributed by atoms with E-state index in [1.807, 2.05) is 61.5 Å². The number of hydrogen-bond donors (Lipinski definition) is 0. The van der Waals surface area contributed by atoms with Crippen LogP contribution in [-0.2, 0) is 6.61 Å². The van der Waals surface area contributed by atoms with Crippen molar-refractivity contribution in [2.45, 2.75) is 13.5 Å². The molecule has 1 aromatic heterocycles. The van der Waals surface area contributed by atoms with Gasteiger partial charge in [0, 0.05) is 23.0 Å². The lowest BCUT2D eigenvalue weighted by Crippen LogP contribution is -1.96. The van der Waals surface area contributed by atoms with E-state index in [9.17, 15) is 5.26 Å². The maximum Gasteiger partial charge on any atom is 0.121 e. The van der Waals surface area contributed by atoms with Gasteiger partial charge in [-0.15, -0.1) is 0 Å². The minimum absolute atomic E-state index is 0.483. The van der Waals surface area contributed by atoms with E-state index in [0.29, 0.717) is 17.9 Å². The summed E-state index contributed by atoms with van der Waals surface area (Å²) in [5.41, 5.74) is 4.43. The highest BCUT2D eigenvalue weighted by Crippen LogP contribution is 2.27. The molecule has 3 heteroatoms. The van der Waals surface area contributed by atoms with Crippen molar-refractivity contribution in [3.8, 4) is 22.9 Å². The first-order valence-electron chi connectivity index (χ1n) is 7.40. The van der Waals surface area contributed by atoms with Gasteiger partial charge in [-0.05, 0) is 36.8 Å². The molecule has 0 atom stereocenters. The Morgan fingerprint density at radius 2 is 1.87 bits per heavy atom. The Kier molecular flexibility index (Phi) is 4.35. The molecule has 0 aliphatic rings. The van der Waals surface area contributed by atoms with E-state index in [1.54, 1.807) is 12.3 Å². The predicted molar refractivity (Wildman–Crippen MR) is 89.9 cm³/mol. The van der Waals surface area contributed by atoms with Gasteiger partial charge in [0.2, 0.25) is 0 Å².